The Morgan fingerprint density at radius 3 is 3.00 bits per heavy atom. The Morgan fingerprint density at radius 1 is 1.38 bits per heavy atom. The van der Waals surface area contributed by atoms with Crippen LogP contribution in [-0.4, -0.2) is 14.5 Å². The van der Waals surface area contributed by atoms with Crippen molar-refractivity contribution in [3.05, 3.63) is 42.0 Å². The van der Waals surface area contributed by atoms with Crippen LogP contribution in [0.2, 0.25) is 0 Å². The predicted octanol–water partition coefficient (Wildman–Crippen LogP) is 2.22. The van der Waals surface area contributed by atoms with Crippen molar-refractivity contribution < 1.29 is 0 Å². The van der Waals surface area contributed by atoms with Gasteiger partial charge >= 0.3 is 0 Å². The first-order valence-corrected chi connectivity index (χ1v) is 5.45. The van der Waals surface area contributed by atoms with E-state index in [0.29, 0.717) is 0 Å². The van der Waals surface area contributed by atoms with Crippen molar-refractivity contribution in [3.8, 4) is 0 Å². The van der Waals surface area contributed by atoms with Crippen LogP contribution in [0.4, 0.5) is 5.95 Å². The number of nitrogens with zero attached hydrogens (tertiary/aromatic N) is 3. The molecule has 84 valence electrons. The molecule has 2 aromatic heterocycles. The Labute approximate surface area is 95.4 Å². The van der Waals surface area contributed by atoms with Crippen LogP contribution in [0.1, 0.15) is 18.1 Å². The lowest BCUT2D eigenvalue weighted by atomic mass is 10.1. The van der Waals surface area contributed by atoms with Gasteiger partial charge in [0, 0.05) is 37.9 Å². The van der Waals surface area contributed by atoms with Crippen molar-refractivity contribution in [1.82, 2.24) is 14.5 Å². The molecule has 0 saturated heterocycles. The molecule has 0 aliphatic heterocycles. The van der Waals surface area contributed by atoms with E-state index in [4.69, 9.17) is 0 Å². The molecule has 0 unspecified atom stereocenters. The van der Waals surface area contributed by atoms with Crippen LogP contribution in [0.15, 0.2) is 30.9 Å². The average Bonchev–Trinajstić information content (AvgIpc) is 2.75. The molecule has 0 amide bonds. The largest absolute Gasteiger partial charge is 0.352 e. The first kappa shape index (κ1) is 10.7. The highest BCUT2D eigenvalue weighted by Gasteiger charge is 2.01. The zero-order chi connectivity index (χ0) is 11.4. The van der Waals surface area contributed by atoms with Gasteiger partial charge in [-0.1, -0.05) is 0 Å². The van der Waals surface area contributed by atoms with Gasteiger partial charge in [-0.25, -0.2) is 4.98 Å². The molecular formula is C12H16N4. The summed E-state index contributed by atoms with van der Waals surface area (Å²) in [6.45, 7) is 5.88. The topological polar surface area (TPSA) is 42.7 Å². The summed E-state index contributed by atoms with van der Waals surface area (Å²) in [7, 11) is 0. The van der Waals surface area contributed by atoms with E-state index >= 15 is 0 Å². The molecule has 0 saturated carbocycles. The fourth-order valence-electron chi connectivity index (χ4n) is 1.61. The first-order chi connectivity index (χ1) is 7.81. The Morgan fingerprint density at radius 2 is 2.25 bits per heavy atom. The van der Waals surface area contributed by atoms with Crippen LogP contribution in [0.25, 0.3) is 0 Å². The molecule has 2 aromatic rings. The molecule has 0 fully saturated rings. The quantitative estimate of drug-likeness (QED) is 0.852. The molecular weight excluding hydrogens is 200 g/mol. The molecule has 2 heterocycles. The minimum Gasteiger partial charge on any atom is -0.352 e. The Kier molecular flexibility index (Phi) is 3.19. The number of nitrogens with one attached hydrogen (secondary N) is 1. The van der Waals surface area contributed by atoms with Crippen LogP contribution < -0.4 is 5.32 Å². The van der Waals surface area contributed by atoms with Crippen molar-refractivity contribution in [3.63, 3.8) is 0 Å². The summed E-state index contributed by atoms with van der Waals surface area (Å²) in [4.78, 5) is 8.34. The summed E-state index contributed by atoms with van der Waals surface area (Å²) in [5, 5.41) is 3.33. The number of pyridine rings is 1. The SMILES string of the molecule is CCn1ccnc1NCc1ccncc1C. The Hall–Kier alpha value is -1.84. The highest BCUT2D eigenvalue weighted by atomic mass is 15.2. The number of imidazole rings is 1. The van der Waals surface area contributed by atoms with Crippen LogP contribution in [-0.2, 0) is 13.1 Å². The monoisotopic (exact) mass is 216 g/mol. The van der Waals surface area contributed by atoms with Gasteiger partial charge < -0.3 is 9.88 Å². The number of hydrogen-bond donors (Lipinski definition) is 1. The van der Waals surface area contributed by atoms with Gasteiger partial charge in [0.1, 0.15) is 0 Å². The maximum absolute atomic E-state index is 4.27. The summed E-state index contributed by atoms with van der Waals surface area (Å²) < 4.78 is 2.08. The van der Waals surface area contributed by atoms with Crippen molar-refractivity contribution in [2.75, 3.05) is 5.32 Å². The van der Waals surface area contributed by atoms with Gasteiger partial charge in [0.15, 0.2) is 0 Å². The minimum absolute atomic E-state index is 0.783. The van der Waals surface area contributed by atoms with Crippen molar-refractivity contribution in [1.29, 1.82) is 0 Å². The van der Waals surface area contributed by atoms with E-state index in [-0.39, 0.29) is 0 Å². The van der Waals surface area contributed by atoms with Crippen molar-refractivity contribution in [2.45, 2.75) is 26.9 Å². The lowest BCUT2D eigenvalue weighted by molar-refractivity contribution is 0.763. The maximum Gasteiger partial charge on any atom is 0.203 e. The molecule has 0 aliphatic rings. The number of aryl methyl sites for hydroxylation is 2. The van der Waals surface area contributed by atoms with E-state index in [9.17, 15) is 0 Å². The van der Waals surface area contributed by atoms with Gasteiger partial charge in [0.05, 0.1) is 0 Å². The number of hydrogen-bond acceptors (Lipinski definition) is 3. The fraction of sp³-hybridized carbons (Fsp3) is 0.333. The summed E-state index contributed by atoms with van der Waals surface area (Å²) in [6, 6.07) is 2.03. The average molecular weight is 216 g/mol. The molecule has 16 heavy (non-hydrogen) atoms. The highest BCUT2D eigenvalue weighted by Crippen LogP contribution is 2.09. The second-order valence-corrected chi connectivity index (χ2v) is 3.69. The molecule has 1 N–H and O–H groups in total. The minimum atomic E-state index is 0.783. The zero-order valence-electron chi connectivity index (χ0n) is 9.64. The van der Waals surface area contributed by atoms with E-state index in [2.05, 4.69) is 33.7 Å². The fourth-order valence-corrected chi connectivity index (χ4v) is 1.61. The second-order valence-electron chi connectivity index (χ2n) is 3.69. The Bertz CT molecular complexity index is 462. The van der Waals surface area contributed by atoms with E-state index in [1.165, 1.54) is 11.1 Å². The number of rotatable bonds is 4. The van der Waals surface area contributed by atoms with E-state index < -0.39 is 0 Å². The summed E-state index contributed by atoms with van der Waals surface area (Å²) >= 11 is 0. The van der Waals surface area contributed by atoms with E-state index in [1.54, 1.807) is 0 Å². The first-order valence-electron chi connectivity index (χ1n) is 5.45. The maximum atomic E-state index is 4.27. The van der Waals surface area contributed by atoms with Gasteiger partial charge in [-0.05, 0) is 31.0 Å². The van der Waals surface area contributed by atoms with Gasteiger partial charge in [-0.2, -0.15) is 0 Å². The summed E-state index contributed by atoms with van der Waals surface area (Å²) in [5.74, 6) is 0.915. The third kappa shape index (κ3) is 2.21. The lowest BCUT2D eigenvalue weighted by Gasteiger charge is -2.09. The molecule has 0 bridgehead atoms. The number of anilines is 1. The van der Waals surface area contributed by atoms with E-state index in [0.717, 1.165) is 19.0 Å². The van der Waals surface area contributed by atoms with Crippen LogP contribution in [0.3, 0.4) is 0 Å². The lowest BCUT2D eigenvalue weighted by Crippen LogP contribution is -2.07. The van der Waals surface area contributed by atoms with Gasteiger partial charge in [-0.15, -0.1) is 0 Å². The summed E-state index contributed by atoms with van der Waals surface area (Å²) in [5.41, 5.74) is 2.45. The molecule has 0 atom stereocenters. The molecule has 4 heteroatoms. The molecule has 4 nitrogen and oxygen atoms in total. The van der Waals surface area contributed by atoms with Crippen LogP contribution >= 0.6 is 0 Å². The van der Waals surface area contributed by atoms with Gasteiger partial charge in [0.2, 0.25) is 5.95 Å². The second kappa shape index (κ2) is 4.79. The molecule has 0 radical (unpaired) electrons. The third-order valence-corrected chi connectivity index (χ3v) is 2.63. The molecule has 0 aliphatic carbocycles. The van der Waals surface area contributed by atoms with Crippen LogP contribution in [0.5, 0.6) is 0 Å². The normalized spacial score (nSPS) is 10.4. The number of aromatic nitrogens is 3. The van der Waals surface area contributed by atoms with Gasteiger partial charge in [-0.3, -0.25) is 4.98 Å². The molecule has 0 spiro atoms. The molecule has 2 rings (SSSR count). The molecule has 0 aromatic carbocycles. The smallest absolute Gasteiger partial charge is 0.203 e. The zero-order valence-corrected chi connectivity index (χ0v) is 9.64. The standard InChI is InChI=1S/C12H16N4/c1-3-16-7-6-14-12(16)15-9-11-4-5-13-8-10(11)2/h4-8H,3,9H2,1-2H3,(H,14,15). The Balaban J connectivity index is 2.05. The third-order valence-electron chi connectivity index (χ3n) is 2.63. The van der Waals surface area contributed by atoms with E-state index in [1.807, 2.05) is 30.9 Å². The van der Waals surface area contributed by atoms with Gasteiger partial charge in [0.25, 0.3) is 0 Å². The highest BCUT2D eigenvalue weighted by molar-refractivity contribution is 5.31. The van der Waals surface area contributed by atoms with Crippen LogP contribution in [0, 0.1) is 6.92 Å². The van der Waals surface area contributed by atoms with Crippen molar-refractivity contribution >= 4 is 5.95 Å². The predicted molar refractivity (Wildman–Crippen MR) is 64.2 cm³/mol. The summed E-state index contributed by atoms with van der Waals surface area (Å²) in [6.07, 6.45) is 7.48. The van der Waals surface area contributed by atoms with Crippen molar-refractivity contribution in [2.24, 2.45) is 0 Å².